The molecular formula is C62H122N2O6P+. The van der Waals surface area contributed by atoms with Gasteiger partial charge in [-0.15, -0.1) is 0 Å². The molecule has 8 nitrogen and oxygen atoms in total. The minimum absolute atomic E-state index is 0.0552. The molecule has 0 saturated heterocycles. The summed E-state index contributed by atoms with van der Waals surface area (Å²) in [6.07, 6.45) is 69.8. The summed E-state index contributed by atoms with van der Waals surface area (Å²) in [6.45, 7) is 4.83. The van der Waals surface area contributed by atoms with Gasteiger partial charge in [-0.3, -0.25) is 13.8 Å². The number of rotatable bonds is 57. The van der Waals surface area contributed by atoms with Crippen LogP contribution >= 0.6 is 7.82 Å². The minimum atomic E-state index is -4.36. The third-order valence-corrected chi connectivity index (χ3v) is 15.1. The molecule has 0 aromatic carbocycles. The van der Waals surface area contributed by atoms with Crippen molar-refractivity contribution < 1.29 is 32.9 Å². The zero-order chi connectivity index (χ0) is 52.0. The maximum Gasteiger partial charge on any atom is 0.472 e. The number of quaternary nitrogens is 1. The van der Waals surface area contributed by atoms with E-state index in [-0.39, 0.29) is 19.1 Å². The van der Waals surface area contributed by atoms with Gasteiger partial charge in [-0.2, -0.15) is 0 Å². The normalized spacial score (nSPS) is 14.1. The van der Waals surface area contributed by atoms with Crippen molar-refractivity contribution in [3.63, 3.8) is 0 Å². The lowest BCUT2D eigenvalue weighted by Gasteiger charge is -2.25. The number of carbonyl (C=O) groups excluding carboxylic acids is 1. The molecule has 420 valence electrons. The van der Waals surface area contributed by atoms with Crippen LogP contribution in [0.4, 0.5) is 0 Å². The van der Waals surface area contributed by atoms with Crippen molar-refractivity contribution in [3.05, 3.63) is 36.5 Å². The van der Waals surface area contributed by atoms with Crippen LogP contribution in [0.5, 0.6) is 0 Å². The molecule has 0 aliphatic heterocycles. The van der Waals surface area contributed by atoms with Crippen LogP contribution in [0.3, 0.4) is 0 Å². The molecule has 0 fully saturated rings. The first kappa shape index (κ1) is 69.7. The number of nitrogens with zero attached hydrogens (tertiary/aromatic N) is 1. The Hall–Kier alpha value is -1.28. The van der Waals surface area contributed by atoms with Gasteiger partial charge in [0.25, 0.3) is 0 Å². The Labute approximate surface area is 442 Å². The Kier molecular flexibility index (Phi) is 52.6. The zero-order valence-electron chi connectivity index (χ0n) is 48.0. The molecule has 0 radical (unpaired) electrons. The monoisotopic (exact) mass is 1020 g/mol. The van der Waals surface area contributed by atoms with Gasteiger partial charge in [0, 0.05) is 6.42 Å². The van der Waals surface area contributed by atoms with Crippen molar-refractivity contribution in [2.75, 3.05) is 40.9 Å². The molecule has 9 heteroatoms. The van der Waals surface area contributed by atoms with Crippen LogP contribution in [-0.4, -0.2) is 73.4 Å². The largest absolute Gasteiger partial charge is 0.472 e. The first-order valence-electron chi connectivity index (χ1n) is 30.9. The highest BCUT2D eigenvalue weighted by atomic mass is 31.2. The number of aliphatic hydroxyl groups is 1. The molecule has 0 saturated carbocycles. The maximum atomic E-state index is 13.0. The summed E-state index contributed by atoms with van der Waals surface area (Å²) < 4.78 is 23.7. The smallest absolute Gasteiger partial charge is 0.387 e. The van der Waals surface area contributed by atoms with E-state index < -0.39 is 20.0 Å². The summed E-state index contributed by atoms with van der Waals surface area (Å²) in [5, 5.41) is 13.9. The van der Waals surface area contributed by atoms with Crippen LogP contribution in [0.25, 0.3) is 0 Å². The molecule has 0 aliphatic carbocycles. The highest BCUT2D eigenvalue weighted by Crippen LogP contribution is 2.43. The number of aliphatic hydroxyl groups excluding tert-OH is 1. The number of nitrogens with one attached hydrogen (secondary N) is 1. The molecule has 0 aromatic heterocycles. The van der Waals surface area contributed by atoms with Gasteiger partial charge in [-0.1, -0.05) is 288 Å². The lowest BCUT2D eigenvalue weighted by atomic mass is 10.0. The van der Waals surface area contributed by atoms with Gasteiger partial charge in [0.2, 0.25) is 5.91 Å². The molecule has 0 aromatic rings. The fourth-order valence-electron chi connectivity index (χ4n) is 9.25. The molecule has 3 unspecified atom stereocenters. The van der Waals surface area contributed by atoms with Crippen LogP contribution in [0, 0.1) is 0 Å². The van der Waals surface area contributed by atoms with E-state index in [1.54, 1.807) is 6.08 Å². The molecule has 0 rings (SSSR count). The van der Waals surface area contributed by atoms with Crippen LogP contribution in [0.1, 0.15) is 303 Å². The molecule has 3 N–H and O–H groups in total. The first-order chi connectivity index (χ1) is 34.5. The minimum Gasteiger partial charge on any atom is -0.387 e. The zero-order valence-corrected chi connectivity index (χ0v) is 48.9. The summed E-state index contributed by atoms with van der Waals surface area (Å²) in [5.74, 6) is -0.185. The molecule has 0 aliphatic rings. The van der Waals surface area contributed by atoms with E-state index in [2.05, 4.69) is 43.5 Å². The van der Waals surface area contributed by atoms with Crippen molar-refractivity contribution in [1.82, 2.24) is 5.32 Å². The average Bonchev–Trinajstić information content (AvgIpc) is 3.33. The van der Waals surface area contributed by atoms with Gasteiger partial charge < -0.3 is 19.8 Å². The fraction of sp³-hybridized carbons (Fsp3) is 0.887. The van der Waals surface area contributed by atoms with Gasteiger partial charge >= 0.3 is 7.82 Å². The summed E-state index contributed by atoms with van der Waals surface area (Å²) in [6, 6.07) is -0.868. The van der Waals surface area contributed by atoms with E-state index in [4.69, 9.17) is 9.05 Å². The molecule has 71 heavy (non-hydrogen) atoms. The van der Waals surface area contributed by atoms with Crippen molar-refractivity contribution in [1.29, 1.82) is 0 Å². The highest BCUT2D eigenvalue weighted by Gasteiger charge is 2.27. The number of phosphoric acid groups is 1. The number of hydrogen-bond acceptors (Lipinski definition) is 5. The lowest BCUT2D eigenvalue weighted by Crippen LogP contribution is -2.45. The van der Waals surface area contributed by atoms with Gasteiger partial charge in [-0.05, 0) is 44.9 Å². The Morgan fingerprint density at radius 3 is 1.13 bits per heavy atom. The van der Waals surface area contributed by atoms with Gasteiger partial charge in [0.15, 0.2) is 0 Å². The van der Waals surface area contributed by atoms with E-state index in [0.717, 1.165) is 44.9 Å². The maximum absolute atomic E-state index is 13.0. The second kappa shape index (κ2) is 53.5. The van der Waals surface area contributed by atoms with E-state index in [1.165, 1.54) is 238 Å². The first-order valence-corrected chi connectivity index (χ1v) is 32.4. The Morgan fingerprint density at radius 1 is 0.465 bits per heavy atom. The number of likely N-dealkylation sites (N-methyl/N-ethyl adjacent to an activating group) is 1. The van der Waals surface area contributed by atoms with Crippen molar-refractivity contribution in [2.24, 2.45) is 0 Å². The Bertz CT molecular complexity index is 1250. The van der Waals surface area contributed by atoms with Crippen LogP contribution in [0.15, 0.2) is 36.5 Å². The second-order valence-electron chi connectivity index (χ2n) is 22.4. The van der Waals surface area contributed by atoms with E-state index in [9.17, 15) is 19.4 Å². The summed E-state index contributed by atoms with van der Waals surface area (Å²) in [5.41, 5.74) is 0. The third-order valence-electron chi connectivity index (χ3n) is 14.1. The third kappa shape index (κ3) is 56.3. The molecule has 1 amide bonds. The lowest BCUT2D eigenvalue weighted by molar-refractivity contribution is -0.870. The van der Waals surface area contributed by atoms with Gasteiger partial charge in [0.1, 0.15) is 13.2 Å². The predicted molar refractivity (Wildman–Crippen MR) is 309 cm³/mol. The van der Waals surface area contributed by atoms with Crippen LogP contribution < -0.4 is 5.32 Å². The average molecular weight is 1020 g/mol. The second-order valence-corrected chi connectivity index (χ2v) is 23.9. The molecule has 0 bridgehead atoms. The summed E-state index contributed by atoms with van der Waals surface area (Å²) >= 11 is 0. The van der Waals surface area contributed by atoms with E-state index in [0.29, 0.717) is 17.4 Å². The number of hydrogen-bond donors (Lipinski definition) is 3. The molecule has 0 spiro atoms. The van der Waals surface area contributed by atoms with E-state index in [1.807, 2.05) is 27.2 Å². The molecule has 0 heterocycles. The van der Waals surface area contributed by atoms with Crippen LogP contribution in [-0.2, 0) is 18.4 Å². The number of phosphoric ester groups is 1. The topological polar surface area (TPSA) is 105 Å². The van der Waals surface area contributed by atoms with Crippen molar-refractivity contribution in [2.45, 2.75) is 315 Å². The quantitative estimate of drug-likeness (QED) is 0.0243. The molecular weight excluding hydrogens is 900 g/mol. The van der Waals surface area contributed by atoms with Crippen molar-refractivity contribution in [3.8, 4) is 0 Å². The van der Waals surface area contributed by atoms with Crippen LogP contribution in [0.2, 0.25) is 0 Å². The van der Waals surface area contributed by atoms with E-state index >= 15 is 0 Å². The summed E-state index contributed by atoms with van der Waals surface area (Å²) in [4.78, 5) is 23.3. The number of amides is 1. The fourth-order valence-corrected chi connectivity index (χ4v) is 9.99. The SMILES string of the molecule is CCCCCCCCCCCCCCC/C=C/CC/C=C/CC/C=C/C(O)C(COP(=O)(O)OCC[N+](C)(C)C)NC(=O)CCCCCCCCCCCCCCCCCCCCCCCCCCCC. The number of carbonyl (C=O) groups is 1. The summed E-state index contributed by atoms with van der Waals surface area (Å²) in [7, 11) is 1.56. The Morgan fingerprint density at radius 2 is 0.775 bits per heavy atom. The number of allylic oxidation sites excluding steroid dienone is 5. The van der Waals surface area contributed by atoms with Crippen molar-refractivity contribution >= 4 is 13.7 Å². The Balaban J connectivity index is 4.20. The van der Waals surface area contributed by atoms with Gasteiger partial charge in [0.05, 0.1) is 39.9 Å². The number of unbranched alkanes of at least 4 members (excludes halogenated alkanes) is 40. The standard InChI is InChI=1S/C62H121N2O6P/c1-6-8-10-12-14-16-18-20-22-24-26-28-30-31-32-34-36-38-40-42-44-46-48-50-52-54-56-62(66)63-60(59-70-71(67,68)69-58-57-64(3,4)5)61(65)55-53-51-49-47-45-43-41-39-37-35-33-29-27-25-23-21-19-17-15-13-11-9-7-2/h37,39,45,47,53,55,60-61,65H,6-36,38,40-44,46,48-52,54,56-59H2,1-5H3,(H-,63,66,67,68)/p+1/b39-37+,47-45+,55-53+. The predicted octanol–water partition coefficient (Wildman–Crippen LogP) is 18.9. The highest BCUT2D eigenvalue weighted by molar-refractivity contribution is 7.47. The molecule has 3 atom stereocenters. The van der Waals surface area contributed by atoms with Gasteiger partial charge in [-0.25, -0.2) is 4.57 Å².